The molecule has 2 atom stereocenters. The number of carbonyl (C=O) groups is 2. The van der Waals surface area contributed by atoms with Gasteiger partial charge in [-0.3, -0.25) is 14.5 Å². The molecule has 0 aliphatic carbocycles. The third-order valence-corrected chi connectivity index (χ3v) is 7.07. The Morgan fingerprint density at radius 2 is 1.75 bits per heavy atom. The average molecular weight is 518 g/mol. The molecule has 0 saturated carbocycles. The Hall–Kier alpha value is -1.12. The molecular formula is C20H26Br2N2O4. The Morgan fingerprint density at radius 1 is 1.14 bits per heavy atom. The number of likely N-dealkylation sites (tertiary alicyclic amines) is 2. The lowest BCUT2D eigenvalue weighted by molar-refractivity contribution is -0.144. The minimum Gasteiger partial charge on any atom is -0.506 e. The van der Waals surface area contributed by atoms with Gasteiger partial charge in [-0.15, -0.1) is 0 Å². The van der Waals surface area contributed by atoms with Gasteiger partial charge in [0.2, 0.25) is 5.91 Å². The van der Waals surface area contributed by atoms with Crippen molar-refractivity contribution in [1.82, 2.24) is 9.80 Å². The van der Waals surface area contributed by atoms with Crippen LogP contribution >= 0.6 is 31.9 Å². The summed E-state index contributed by atoms with van der Waals surface area (Å²) in [6.07, 6.45) is 3.93. The molecule has 0 aromatic heterocycles. The van der Waals surface area contributed by atoms with Crippen molar-refractivity contribution in [2.24, 2.45) is 5.92 Å². The number of aliphatic carboxylic acids is 1. The molecule has 3 rings (SSSR count). The number of aromatic hydroxyl groups is 1. The van der Waals surface area contributed by atoms with Crippen molar-refractivity contribution >= 4 is 43.7 Å². The Morgan fingerprint density at radius 3 is 2.32 bits per heavy atom. The second-order valence-electron chi connectivity index (χ2n) is 7.80. The summed E-state index contributed by atoms with van der Waals surface area (Å²) in [4.78, 5) is 28.4. The third-order valence-electron chi connectivity index (χ3n) is 5.86. The minimum atomic E-state index is -0.726. The van der Waals surface area contributed by atoms with Crippen LogP contribution < -0.4 is 0 Å². The molecule has 28 heavy (non-hydrogen) atoms. The normalized spacial score (nSPS) is 22.4. The van der Waals surface area contributed by atoms with Gasteiger partial charge in [-0.05, 0) is 88.2 Å². The molecule has 0 spiro atoms. The summed E-state index contributed by atoms with van der Waals surface area (Å²) in [6.45, 7) is 4.14. The number of phenolic OH excluding ortho intramolecular Hbond substituents is 1. The Balaban J connectivity index is 1.55. The summed E-state index contributed by atoms with van der Waals surface area (Å²) in [5, 5.41) is 19.2. The average Bonchev–Trinajstić information content (AvgIpc) is 3.15. The van der Waals surface area contributed by atoms with Crippen LogP contribution in [-0.4, -0.2) is 63.6 Å². The summed E-state index contributed by atoms with van der Waals surface area (Å²) in [7, 11) is 0. The monoisotopic (exact) mass is 516 g/mol. The van der Waals surface area contributed by atoms with Gasteiger partial charge in [-0.25, -0.2) is 0 Å². The van der Waals surface area contributed by atoms with E-state index in [0.29, 0.717) is 28.5 Å². The van der Waals surface area contributed by atoms with E-state index in [1.165, 1.54) is 0 Å². The smallest absolute Gasteiger partial charge is 0.320 e. The first-order valence-electron chi connectivity index (χ1n) is 9.72. The molecule has 6 nitrogen and oxygen atoms in total. The first-order chi connectivity index (χ1) is 13.3. The molecule has 8 heteroatoms. The highest BCUT2D eigenvalue weighted by atomic mass is 79.9. The highest BCUT2D eigenvalue weighted by molar-refractivity contribution is 9.11. The highest BCUT2D eigenvalue weighted by Crippen LogP contribution is 2.34. The van der Waals surface area contributed by atoms with Gasteiger partial charge in [0, 0.05) is 25.0 Å². The van der Waals surface area contributed by atoms with Crippen LogP contribution in [0.5, 0.6) is 5.75 Å². The molecule has 0 radical (unpaired) electrons. The zero-order valence-corrected chi connectivity index (χ0v) is 19.1. The van der Waals surface area contributed by atoms with E-state index in [1.807, 2.05) is 24.0 Å². The molecule has 2 heterocycles. The van der Waals surface area contributed by atoms with E-state index in [-0.39, 0.29) is 29.7 Å². The molecule has 0 unspecified atom stereocenters. The van der Waals surface area contributed by atoms with E-state index in [1.54, 1.807) is 0 Å². The number of piperidine rings is 1. The number of carbonyl (C=O) groups excluding carboxylic acids is 1. The fourth-order valence-corrected chi connectivity index (χ4v) is 5.68. The van der Waals surface area contributed by atoms with E-state index in [0.717, 1.165) is 37.8 Å². The van der Waals surface area contributed by atoms with Crippen LogP contribution in [0.3, 0.4) is 0 Å². The standard InChI is InChI=1S/C20H26Br2N2O4/c1-12(9-13-10-15(21)18(25)16(22)11-13)19(26)23-7-4-14(5-8-23)24-6-2-3-17(24)20(27)28/h10-12,14,17,25H,2-9H2,1H3,(H,27,28)/t12-,17-/m1/s1. The molecule has 2 fully saturated rings. The predicted octanol–water partition coefficient (Wildman–Crippen LogP) is 3.64. The van der Waals surface area contributed by atoms with Crippen molar-refractivity contribution in [1.29, 1.82) is 0 Å². The van der Waals surface area contributed by atoms with Gasteiger partial charge in [0.15, 0.2) is 0 Å². The van der Waals surface area contributed by atoms with Crippen LogP contribution in [0, 0.1) is 5.92 Å². The molecule has 2 saturated heterocycles. The van der Waals surface area contributed by atoms with Gasteiger partial charge in [0.25, 0.3) is 0 Å². The zero-order chi connectivity index (χ0) is 20.4. The molecule has 0 bridgehead atoms. The maximum Gasteiger partial charge on any atom is 0.320 e. The third kappa shape index (κ3) is 4.71. The first-order valence-corrected chi connectivity index (χ1v) is 11.3. The second-order valence-corrected chi connectivity index (χ2v) is 9.51. The molecule has 2 aliphatic rings. The van der Waals surface area contributed by atoms with Crippen LogP contribution in [0.2, 0.25) is 0 Å². The van der Waals surface area contributed by atoms with Gasteiger partial charge >= 0.3 is 5.97 Å². The molecule has 1 aromatic rings. The fraction of sp³-hybridized carbons (Fsp3) is 0.600. The second kappa shape index (κ2) is 9.13. The quantitative estimate of drug-likeness (QED) is 0.623. The van der Waals surface area contributed by atoms with Crippen LogP contribution in [0.4, 0.5) is 0 Å². The number of halogens is 2. The summed E-state index contributed by atoms with van der Waals surface area (Å²) < 4.78 is 1.21. The maximum absolute atomic E-state index is 12.9. The van der Waals surface area contributed by atoms with Gasteiger partial charge in [0.05, 0.1) is 8.95 Å². The van der Waals surface area contributed by atoms with Gasteiger partial charge in [-0.1, -0.05) is 6.92 Å². The van der Waals surface area contributed by atoms with E-state index in [2.05, 4.69) is 36.8 Å². The topological polar surface area (TPSA) is 81.1 Å². The number of phenols is 1. The van der Waals surface area contributed by atoms with Gasteiger partial charge < -0.3 is 15.1 Å². The van der Waals surface area contributed by atoms with Crippen molar-refractivity contribution in [3.8, 4) is 5.75 Å². The molecule has 2 N–H and O–H groups in total. The van der Waals surface area contributed by atoms with Crippen LogP contribution in [0.15, 0.2) is 21.1 Å². The van der Waals surface area contributed by atoms with Crippen molar-refractivity contribution in [3.63, 3.8) is 0 Å². The highest BCUT2D eigenvalue weighted by Gasteiger charge is 2.37. The molecule has 154 valence electrons. The molecular weight excluding hydrogens is 492 g/mol. The van der Waals surface area contributed by atoms with E-state index >= 15 is 0 Å². The lowest BCUT2D eigenvalue weighted by Crippen LogP contribution is -2.50. The zero-order valence-electron chi connectivity index (χ0n) is 15.9. The summed E-state index contributed by atoms with van der Waals surface area (Å²) in [5.41, 5.74) is 0.980. The maximum atomic E-state index is 12.9. The fourth-order valence-electron chi connectivity index (χ4n) is 4.40. The molecule has 1 aromatic carbocycles. The van der Waals surface area contributed by atoms with Crippen molar-refractivity contribution in [2.75, 3.05) is 19.6 Å². The first kappa shape index (κ1) is 21.6. The summed E-state index contributed by atoms with van der Waals surface area (Å²) in [6, 6.07) is 3.58. The van der Waals surface area contributed by atoms with E-state index in [4.69, 9.17) is 0 Å². The molecule has 1 amide bonds. The van der Waals surface area contributed by atoms with Crippen molar-refractivity contribution in [2.45, 2.75) is 51.1 Å². The van der Waals surface area contributed by atoms with Gasteiger partial charge in [-0.2, -0.15) is 0 Å². The SMILES string of the molecule is C[C@H](Cc1cc(Br)c(O)c(Br)c1)C(=O)N1CCC(N2CCC[C@@H]2C(=O)O)CC1. The van der Waals surface area contributed by atoms with Crippen LogP contribution in [-0.2, 0) is 16.0 Å². The van der Waals surface area contributed by atoms with Crippen LogP contribution in [0.25, 0.3) is 0 Å². The number of benzene rings is 1. The number of hydrogen-bond acceptors (Lipinski definition) is 4. The van der Waals surface area contributed by atoms with Crippen molar-refractivity contribution in [3.05, 3.63) is 26.6 Å². The predicted molar refractivity (Wildman–Crippen MR) is 113 cm³/mol. The number of amides is 1. The Bertz CT molecular complexity index is 727. The van der Waals surface area contributed by atoms with E-state index in [9.17, 15) is 19.8 Å². The minimum absolute atomic E-state index is 0.134. The van der Waals surface area contributed by atoms with E-state index < -0.39 is 5.97 Å². The number of hydrogen-bond donors (Lipinski definition) is 2. The van der Waals surface area contributed by atoms with Gasteiger partial charge in [0.1, 0.15) is 11.8 Å². The largest absolute Gasteiger partial charge is 0.506 e. The number of nitrogens with zero attached hydrogens (tertiary/aromatic N) is 2. The molecule has 2 aliphatic heterocycles. The summed E-state index contributed by atoms with van der Waals surface area (Å²) in [5.74, 6) is -0.587. The Labute approximate surface area is 182 Å². The van der Waals surface area contributed by atoms with Crippen molar-refractivity contribution < 1.29 is 19.8 Å². The number of carboxylic acid groups (broad SMARTS) is 1. The number of rotatable bonds is 5. The van der Waals surface area contributed by atoms with Crippen LogP contribution in [0.1, 0.15) is 38.2 Å². The Kier molecular flexibility index (Phi) is 7.04. The summed E-state index contributed by atoms with van der Waals surface area (Å²) >= 11 is 6.66. The number of carboxylic acids is 1. The lowest BCUT2D eigenvalue weighted by atomic mass is 9.97. The lowest BCUT2D eigenvalue weighted by Gasteiger charge is -2.39.